The van der Waals surface area contributed by atoms with Gasteiger partial charge in [-0.15, -0.1) is 0 Å². The SMILES string of the molecule is O=C(O)CCCOc1ccc(-c2cc3cc(C(=O)NCc4ccccc4)ccc3o2)cc1. The summed E-state index contributed by atoms with van der Waals surface area (Å²) in [6, 6.07) is 24.5. The Hall–Kier alpha value is -4.06. The van der Waals surface area contributed by atoms with Gasteiger partial charge < -0.3 is 19.6 Å². The van der Waals surface area contributed by atoms with Gasteiger partial charge in [0.2, 0.25) is 0 Å². The van der Waals surface area contributed by atoms with E-state index in [1.54, 1.807) is 12.1 Å². The summed E-state index contributed by atoms with van der Waals surface area (Å²) in [4.78, 5) is 23.1. The maximum absolute atomic E-state index is 12.5. The molecular weight excluding hydrogens is 406 g/mol. The number of carboxylic acids is 1. The van der Waals surface area contributed by atoms with Crippen molar-refractivity contribution in [3.05, 3.63) is 90.0 Å². The largest absolute Gasteiger partial charge is 0.494 e. The van der Waals surface area contributed by atoms with Crippen molar-refractivity contribution in [2.45, 2.75) is 19.4 Å². The second-order valence-electron chi connectivity index (χ2n) is 7.40. The Morgan fingerprint density at radius 1 is 0.938 bits per heavy atom. The Bertz CT molecular complexity index is 1210. The normalized spacial score (nSPS) is 10.8. The lowest BCUT2D eigenvalue weighted by Crippen LogP contribution is -2.22. The van der Waals surface area contributed by atoms with E-state index < -0.39 is 5.97 Å². The monoisotopic (exact) mass is 429 g/mol. The molecule has 1 aromatic heterocycles. The van der Waals surface area contributed by atoms with Gasteiger partial charge in [-0.25, -0.2) is 0 Å². The van der Waals surface area contributed by atoms with Gasteiger partial charge in [0.25, 0.3) is 5.91 Å². The summed E-state index contributed by atoms with van der Waals surface area (Å²) in [5.41, 5.74) is 3.20. The highest BCUT2D eigenvalue weighted by molar-refractivity contribution is 5.98. The predicted octanol–water partition coefficient (Wildman–Crippen LogP) is 5.27. The summed E-state index contributed by atoms with van der Waals surface area (Å²) < 4.78 is 11.5. The summed E-state index contributed by atoms with van der Waals surface area (Å²) in [5, 5.41) is 12.5. The molecular formula is C26H23NO5. The molecule has 1 amide bonds. The van der Waals surface area contributed by atoms with Gasteiger partial charge in [-0.3, -0.25) is 9.59 Å². The lowest BCUT2D eigenvalue weighted by atomic mass is 10.1. The number of benzene rings is 3. The lowest BCUT2D eigenvalue weighted by molar-refractivity contribution is -0.137. The molecule has 0 spiro atoms. The van der Waals surface area contributed by atoms with Crippen LogP contribution in [-0.2, 0) is 11.3 Å². The quantitative estimate of drug-likeness (QED) is 0.354. The molecule has 6 heteroatoms. The molecule has 0 radical (unpaired) electrons. The van der Waals surface area contributed by atoms with Gasteiger partial charge in [-0.05, 0) is 60.5 Å². The average Bonchev–Trinajstić information content (AvgIpc) is 3.25. The maximum Gasteiger partial charge on any atom is 0.303 e. The first-order valence-corrected chi connectivity index (χ1v) is 10.4. The van der Waals surface area contributed by atoms with E-state index >= 15 is 0 Å². The fraction of sp³-hybridized carbons (Fsp3) is 0.154. The zero-order valence-electron chi connectivity index (χ0n) is 17.4. The highest BCUT2D eigenvalue weighted by Gasteiger charge is 2.11. The Balaban J connectivity index is 1.41. The Morgan fingerprint density at radius 3 is 2.47 bits per heavy atom. The molecule has 2 N–H and O–H groups in total. The first kappa shape index (κ1) is 21.2. The van der Waals surface area contributed by atoms with Crippen LogP contribution in [0.1, 0.15) is 28.8 Å². The number of hydrogen-bond acceptors (Lipinski definition) is 4. The van der Waals surface area contributed by atoms with Crippen LogP contribution in [-0.4, -0.2) is 23.6 Å². The van der Waals surface area contributed by atoms with Crippen LogP contribution in [0.5, 0.6) is 5.75 Å². The van der Waals surface area contributed by atoms with E-state index in [1.165, 1.54) is 0 Å². The zero-order chi connectivity index (χ0) is 22.3. The number of carboxylic acid groups (broad SMARTS) is 1. The standard InChI is InChI=1S/C26H23NO5/c28-25(29)7-4-14-31-22-11-8-19(9-12-22)24-16-21-15-20(10-13-23(21)32-24)26(30)27-17-18-5-2-1-3-6-18/h1-3,5-6,8-13,15-16H,4,7,14,17H2,(H,27,30)(H,28,29). The molecule has 0 saturated carbocycles. The van der Waals surface area contributed by atoms with Crippen molar-refractivity contribution < 1.29 is 23.8 Å². The first-order chi connectivity index (χ1) is 15.6. The molecule has 6 nitrogen and oxygen atoms in total. The maximum atomic E-state index is 12.5. The minimum Gasteiger partial charge on any atom is -0.494 e. The second-order valence-corrected chi connectivity index (χ2v) is 7.40. The van der Waals surface area contributed by atoms with Crippen molar-refractivity contribution in [2.24, 2.45) is 0 Å². The summed E-state index contributed by atoms with van der Waals surface area (Å²) in [5.74, 6) is 0.403. The topological polar surface area (TPSA) is 88.8 Å². The molecule has 3 aromatic carbocycles. The van der Waals surface area contributed by atoms with E-state index in [4.69, 9.17) is 14.3 Å². The molecule has 0 unspecified atom stereocenters. The number of aliphatic carboxylic acids is 1. The van der Waals surface area contributed by atoms with E-state index in [9.17, 15) is 9.59 Å². The van der Waals surface area contributed by atoms with E-state index in [0.29, 0.717) is 42.2 Å². The number of fused-ring (bicyclic) bond motifs is 1. The van der Waals surface area contributed by atoms with Gasteiger partial charge in [-0.1, -0.05) is 30.3 Å². The minimum absolute atomic E-state index is 0.0866. The van der Waals surface area contributed by atoms with Gasteiger partial charge in [0, 0.05) is 29.5 Å². The van der Waals surface area contributed by atoms with Crippen molar-refractivity contribution in [3.8, 4) is 17.1 Å². The first-order valence-electron chi connectivity index (χ1n) is 10.4. The van der Waals surface area contributed by atoms with Crippen molar-refractivity contribution >= 4 is 22.8 Å². The van der Waals surface area contributed by atoms with E-state index in [2.05, 4.69) is 5.32 Å². The highest BCUT2D eigenvalue weighted by atomic mass is 16.5. The van der Waals surface area contributed by atoms with Crippen LogP contribution in [0.15, 0.2) is 83.3 Å². The molecule has 162 valence electrons. The van der Waals surface area contributed by atoms with Crippen molar-refractivity contribution in [1.29, 1.82) is 0 Å². The number of rotatable bonds is 9. The van der Waals surface area contributed by atoms with Gasteiger partial charge >= 0.3 is 5.97 Å². The highest BCUT2D eigenvalue weighted by Crippen LogP contribution is 2.29. The average molecular weight is 429 g/mol. The van der Waals surface area contributed by atoms with Crippen LogP contribution in [0.3, 0.4) is 0 Å². The van der Waals surface area contributed by atoms with Crippen molar-refractivity contribution in [2.75, 3.05) is 6.61 Å². The number of nitrogens with one attached hydrogen (secondary N) is 1. The molecule has 1 heterocycles. The molecule has 0 aliphatic carbocycles. The number of amides is 1. The Morgan fingerprint density at radius 2 is 1.72 bits per heavy atom. The zero-order valence-corrected chi connectivity index (χ0v) is 17.4. The van der Waals surface area contributed by atoms with Crippen LogP contribution in [0.25, 0.3) is 22.3 Å². The summed E-state index contributed by atoms with van der Waals surface area (Å²) in [7, 11) is 0. The van der Waals surface area contributed by atoms with Crippen LogP contribution in [0, 0.1) is 0 Å². The molecule has 0 fully saturated rings. The molecule has 32 heavy (non-hydrogen) atoms. The number of ether oxygens (including phenoxy) is 1. The van der Waals surface area contributed by atoms with E-state index in [-0.39, 0.29) is 12.3 Å². The van der Waals surface area contributed by atoms with Gasteiger partial charge in [0.1, 0.15) is 17.1 Å². The van der Waals surface area contributed by atoms with Gasteiger partial charge in [-0.2, -0.15) is 0 Å². The fourth-order valence-corrected chi connectivity index (χ4v) is 3.34. The van der Waals surface area contributed by atoms with Crippen LogP contribution in [0.4, 0.5) is 0 Å². The molecule has 0 saturated heterocycles. The smallest absolute Gasteiger partial charge is 0.303 e. The Labute approximate surface area is 185 Å². The minimum atomic E-state index is -0.828. The molecule has 0 atom stereocenters. The van der Waals surface area contributed by atoms with Crippen molar-refractivity contribution in [1.82, 2.24) is 5.32 Å². The summed E-state index contributed by atoms with van der Waals surface area (Å²) >= 11 is 0. The second kappa shape index (κ2) is 9.83. The number of carbonyl (C=O) groups excluding carboxylic acids is 1. The molecule has 0 aliphatic heterocycles. The van der Waals surface area contributed by atoms with Crippen LogP contribution in [0.2, 0.25) is 0 Å². The van der Waals surface area contributed by atoms with Crippen LogP contribution >= 0.6 is 0 Å². The lowest BCUT2D eigenvalue weighted by Gasteiger charge is -2.05. The summed E-state index contributed by atoms with van der Waals surface area (Å²) in [6.07, 6.45) is 0.547. The number of furan rings is 1. The van der Waals surface area contributed by atoms with Gasteiger partial charge in [0.05, 0.1) is 6.61 Å². The molecule has 0 bridgehead atoms. The third-order valence-electron chi connectivity index (χ3n) is 5.02. The molecule has 4 rings (SSSR count). The van der Waals surface area contributed by atoms with E-state index in [1.807, 2.05) is 66.7 Å². The molecule has 4 aromatic rings. The van der Waals surface area contributed by atoms with E-state index in [0.717, 1.165) is 16.5 Å². The third-order valence-corrected chi connectivity index (χ3v) is 5.02. The van der Waals surface area contributed by atoms with Gasteiger partial charge in [0.15, 0.2) is 0 Å². The van der Waals surface area contributed by atoms with Crippen molar-refractivity contribution in [3.63, 3.8) is 0 Å². The molecule has 0 aliphatic rings. The Kier molecular flexibility index (Phi) is 6.51. The van der Waals surface area contributed by atoms with Crippen LogP contribution < -0.4 is 10.1 Å². The third kappa shape index (κ3) is 5.35. The summed E-state index contributed by atoms with van der Waals surface area (Å²) in [6.45, 7) is 0.824. The number of carbonyl (C=O) groups is 2. The number of hydrogen-bond donors (Lipinski definition) is 2. The predicted molar refractivity (Wildman–Crippen MR) is 122 cm³/mol. The fourth-order valence-electron chi connectivity index (χ4n) is 3.34.